The molecule has 0 atom stereocenters. The number of carbonyl (C=O) groups is 2. The minimum atomic E-state index is -0.282. The molecule has 1 N–H and O–H groups in total. The minimum absolute atomic E-state index is 0.00413. The lowest BCUT2D eigenvalue weighted by molar-refractivity contribution is -0.118. The fourth-order valence-electron chi connectivity index (χ4n) is 4.54. The molecule has 1 aliphatic heterocycles. The highest BCUT2D eigenvalue weighted by atomic mass is 16.5. The topological polar surface area (TPSA) is 76.5 Å². The number of ether oxygens (including phenoxy) is 1. The number of hydrogen-bond acceptors (Lipinski definition) is 4. The van der Waals surface area contributed by atoms with Crippen LogP contribution in [0.5, 0.6) is 5.75 Å². The van der Waals surface area contributed by atoms with Crippen molar-refractivity contribution in [2.75, 3.05) is 23.9 Å². The van der Waals surface area contributed by atoms with Gasteiger partial charge in [0.15, 0.2) is 0 Å². The van der Waals surface area contributed by atoms with Gasteiger partial charge in [-0.25, -0.2) is 0 Å². The van der Waals surface area contributed by atoms with Gasteiger partial charge in [0.05, 0.1) is 30.5 Å². The molecule has 0 radical (unpaired) electrons. The SMILES string of the molecule is COc1cccc(NC(=O)c2cnc3c(c2)N(C(=O)Cc2cn(C)c4ccccc24)CCC3)c1. The first-order valence-electron chi connectivity index (χ1n) is 11.3. The molecule has 0 saturated carbocycles. The number of methoxy groups -OCH3 is 1. The van der Waals surface area contributed by atoms with Gasteiger partial charge in [-0.3, -0.25) is 14.6 Å². The smallest absolute Gasteiger partial charge is 0.257 e. The van der Waals surface area contributed by atoms with Crippen LogP contribution >= 0.6 is 0 Å². The van der Waals surface area contributed by atoms with E-state index >= 15 is 0 Å². The average Bonchev–Trinajstić information content (AvgIpc) is 3.18. The first kappa shape index (κ1) is 21.7. The van der Waals surface area contributed by atoms with E-state index < -0.39 is 0 Å². The number of benzene rings is 2. The Balaban J connectivity index is 1.39. The maximum absolute atomic E-state index is 13.4. The van der Waals surface area contributed by atoms with Crippen molar-refractivity contribution in [2.45, 2.75) is 19.3 Å². The van der Waals surface area contributed by atoms with Crippen LogP contribution in [0.25, 0.3) is 10.9 Å². The van der Waals surface area contributed by atoms with Gasteiger partial charge in [0.2, 0.25) is 5.91 Å². The van der Waals surface area contributed by atoms with Crippen molar-refractivity contribution in [3.63, 3.8) is 0 Å². The number of fused-ring (bicyclic) bond motifs is 2. The zero-order valence-electron chi connectivity index (χ0n) is 19.2. The van der Waals surface area contributed by atoms with Gasteiger partial charge in [-0.05, 0) is 42.7 Å². The highest BCUT2D eigenvalue weighted by Gasteiger charge is 2.26. The average molecular weight is 455 g/mol. The predicted molar refractivity (Wildman–Crippen MR) is 132 cm³/mol. The summed E-state index contributed by atoms with van der Waals surface area (Å²) in [4.78, 5) is 32.6. The number of amides is 2. The lowest BCUT2D eigenvalue weighted by Gasteiger charge is -2.29. The van der Waals surface area contributed by atoms with Gasteiger partial charge < -0.3 is 19.5 Å². The summed E-state index contributed by atoms with van der Waals surface area (Å²) in [5, 5.41) is 3.96. The molecule has 0 spiro atoms. The van der Waals surface area contributed by atoms with Crippen LogP contribution in [0.15, 0.2) is 67.0 Å². The van der Waals surface area contributed by atoms with Crippen LogP contribution in [0.1, 0.15) is 28.0 Å². The Morgan fingerprint density at radius 3 is 2.82 bits per heavy atom. The van der Waals surface area contributed by atoms with Crippen molar-refractivity contribution >= 4 is 34.1 Å². The van der Waals surface area contributed by atoms with Crippen molar-refractivity contribution < 1.29 is 14.3 Å². The Kier molecular flexibility index (Phi) is 5.76. The van der Waals surface area contributed by atoms with Gasteiger partial charge in [0.25, 0.3) is 5.91 Å². The quantitative estimate of drug-likeness (QED) is 0.486. The molecule has 34 heavy (non-hydrogen) atoms. The van der Waals surface area contributed by atoms with Crippen LogP contribution in [0.3, 0.4) is 0 Å². The molecule has 2 aromatic carbocycles. The van der Waals surface area contributed by atoms with E-state index in [2.05, 4.69) is 16.4 Å². The largest absolute Gasteiger partial charge is 0.497 e. The first-order chi connectivity index (χ1) is 16.5. The third-order valence-electron chi connectivity index (χ3n) is 6.25. The maximum Gasteiger partial charge on any atom is 0.257 e. The van der Waals surface area contributed by atoms with Crippen molar-refractivity contribution in [3.8, 4) is 5.75 Å². The third-order valence-corrected chi connectivity index (χ3v) is 6.25. The zero-order valence-corrected chi connectivity index (χ0v) is 19.2. The van der Waals surface area contributed by atoms with Crippen LogP contribution in [0, 0.1) is 0 Å². The normalized spacial score (nSPS) is 12.9. The van der Waals surface area contributed by atoms with Crippen LogP contribution in [-0.2, 0) is 24.7 Å². The fraction of sp³-hybridized carbons (Fsp3) is 0.222. The third kappa shape index (κ3) is 4.12. The summed E-state index contributed by atoms with van der Waals surface area (Å²) in [7, 11) is 3.57. The number of para-hydroxylation sites is 1. The van der Waals surface area contributed by atoms with Crippen molar-refractivity contribution in [2.24, 2.45) is 7.05 Å². The van der Waals surface area contributed by atoms with E-state index in [1.807, 2.05) is 48.1 Å². The summed E-state index contributed by atoms with van der Waals surface area (Å²) in [5.41, 5.74) is 4.69. The summed E-state index contributed by atoms with van der Waals surface area (Å²) < 4.78 is 7.27. The lowest BCUT2D eigenvalue weighted by atomic mass is 10.0. The Labute approximate surface area is 198 Å². The number of carbonyl (C=O) groups excluding carboxylic acids is 2. The van der Waals surface area contributed by atoms with E-state index in [1.54, 1.807) is 36.4 Å². The number of rotatable bonds is 5. The van der Waals surface area contributed by atoms with Crippen LogP contribution < -0.4 is 15.0 Å². The van der Waals surface area contributed by atoms with Gasteiger partial charge >= 0.3 is 0 Å². The Morgan fingerprint density at radius 1 is 1.12 bits per heavy atom. The fourth-order valence-corrected chi connectivity index (χ4v) is 4.54. The van der Waals surface area contributed by atoms with Crippen LogP contribution in [0.2, 0.25) is 0 Å². The number of aromatic nitrogens is 2. The molecule has 0 saturated heterocycles. The molecular formula is C27H26N4O3. The number of hydrogen-bond donors (Lipinski definition) is 1. The summed E-state index contributed by atoms with van der Waals surface area (Å²) in [5.74, 6) is 0.381. The maximum atomic E-state index is 13.4. The van der Waals surface area contributed by atoms with Gasteiger partial charge in [0.1, 0.15) is 5.75 Å². The number of anilines is 2. The van der Waals surface area contributed by atoms with E-state index in [9.17, 15) is 9.59 Å². The van der Waals surface area contributed by atoms with Crippen molar-refractivity contribution in [3.05, 3.63) is 83.8 Å². The van der Waals surface area contributed by atoms with Gasteiger partial charge in [-0.1, -0.05) is 24.3 Å². The number of pyridine rings is 1. The molecule has 0 bridgehead atoms. The lowest BCUT2D eigenvalue weighted by Crippen LogP contribution is -2.37. The van der Waals surface area contributed by atoms with Crippen molar-refractivity contribution in [1.82, 2.24) is 9.55 Å². The zero-order chi connectivity index (χ0) is 23.7. The number of nitrogens with zero attached hydrogens (tertiary/aromatic N) is 3. The molecule has 2 aromatic heterocycles. The molecule has 0 unspecified atom stereocenters. The van der Waals surface area contributed by atoms with E-state index in [-0.39, 0.29) is 11.8 Å². The second-order valence-electron chi connectivity index (χ2n) is 8.48. The molecule has 5 rings (SSSR count). The number of nitrogens with one attached hydrogen (secondary N) is 1. The van der Waals surface area contributed by atoms with Gasteiger partial charge in [0, 0.05) is 48.6 Å². The molecule has 172 valence electrons. The molecule has 0 fully saturated rings. The molecular weight excluding hydrogens is 428 g/mol. The molecule has 1 aliphatic rings. The van der Waals surface area contributed by atoms with E-state index in [1.165, 1.54) is 0 Å². The van der Waals surface area contributed by atoms with E-state index in [4.69, 9.17) is 4.74 Å². The summed E-state index contributed by atoms with van der Waals surface area (Å²) in [6.45, 7) is 0.610. The standard InChI is InChI=1S/C27H26N4O3/c1-30-17-19(22-9-3-4-11-24(22)30)14-26(32)31-12-6-10-23-25(31)13-18(16-28-23)27(33)29-20-7-5-8-21(15-20)34-2/h3-5,7-9,11,13,15-17H,6,10,12,14H2,1-2H3,(H,29,33). The Hall–Kier alpha value is -4.13. The molecule has 7 heteroatoms. The second-order valence-corrected chi connectivity index (χ2v) is 8.48. The van der Waals surface area contributed by atoms with Crippen LogP contribution in [0.4, 0.5) is 11.4 Å². The molecule has 0 aliphatic carbocycles. The second kappa shape index (κ2) is 9.02. The van der Waals surface area contributed by atoms with Gasteiger partial charge in [-0.15, -0.1) is 0 Å². The monoisotopic (exact) mass is 454 g/mol. The Bertz CT molecular complexity index is 1390. The molecule has 7 nitrogen and oxygen atoms in total. The van der Waals surface area contributed by atoms with Crippen molar-refractivity contribution in [1.29, 1.82) is 0 Å². The molecule has 4 aromatic rings. The highest BCUT2D eigenvalue weighted by Crippen LogP contribution is 2.29. The Morgan fingerprint density at radius 2 is 1.97 bits per heavy atom. The van der Waals surface area contributed by atoms with Crippen LogP contribution in [-0.4, -0.2) is 35.0 Å². The summed E-state index contributed by atoms with van der Waals surface area (Å²) in [6.07, 6.45) is 5.51. The number of aryl methyl sites for hydroxylation is 2. The first-order valence-corrected chi connectivity index (χ1v) is 11.3. The van der Waals surface area contributed by atoms with Gasteiger partial charge in [-0.2, -0.15) is 0 Å². The summed E-state index contributed by atoms with van der Waals surface area (Å²) in [6, 6.07) is 17.0. The highest BCUT2D eigenvalue weighted by molar-refractivity contribution is 6.06. The molecule has 2 amide bonds. The molecule has 3 heterocycles. The van der Waals surface area contributed by atoms with E-state index in [0.29, 0.717) is 30.0 Å². The minimum Gasteiger partial charge on any atom is -0.497 e. The van der Waals surface area contributed by atoms with E-state index in [0.717, 1.165) is 40.7 Å². The predicted octanol–water partition coefficient (Wildman–Crippen LogP) is 4.36. The summed E-state index contributed by atoms with van der Waals surface area (Å²) >= 11 is 0.